The predicted molar refractivity (Wildman–Crippen MR) is 62.0 cm³/mol. The van der Waals surface area contributed by atoms with Crippen LogP contribution in [0.3, 0.4) is 0 Å². The van der Waals surface area contributed by atoms with Crippen molar-refractivity contribution in [3.63, 3.8) is 0 Å². The van der Waals surface area contributed by atoms with Gasteiger partial charge in [-0.15, -0.1) is 0 Å². The molecule has 0 atom stereocenters. The molecule has 0 aromatic carbocycles. The highest BCUT2D eigenvalue weighted by atomic mass is 32.2. The molecule has 1 amide bonds. The highest BCUT2D eigenvalue weighted by molar-refractivity contribution is 7.99. The average molecular weight is 247 g/mol. The number of aliphatic hydroxyl groups is 1. The van der Waals surface area contributed by atoms with Crippen LogP contribution < -0.4 is 5.32 Å². The van der Waals surface area contributed by atoms with E-state index in [1.165, 1.54) is 6.26 Å². The SMILES string of the molecule is O=C(NCCSCCCO)C1=COCCO1. The van der Waals surface area contributed by atoms with Gasteiger partial charge in [-0.05, 0) is 12.2 Å². The topological polar surface area (TPSA) is 67.8 Å². The Morgan fingerprint density at radius 1 is 1.50 bits per heavy atom. The van der Waals surface area contributed by atoms with E-state index < -0.39 is 0 Å². The number of hydrogen-bond donors (Lipinski definition) is 2. The third-order valence-electron chi connectivity index (χ3n) is 1.85. The summed E-state index contributed by atoms with van der Waals surface area (Å²) in [6.07, 6.45) is 2.14. The molecule has 0 unspecified atom stereocenters. The molecule has 1 aliphatic rings. The van der Waals surface area contributed by atoms with Gasteiger partial charge in [-0.2, -0.15) is 11.8 Å². The first-order valence-electron chi connectivity index (χ1n) is 5.26. The van der Waals surface area contributed by atoms with E-state index in [2.05, 4.69) is 5.32 Å². The van der Waals surface area contributed by atoms with Crippen molar-refractivity contribution in [1.82, 2.24) is 5.32 Å². The Morgan fingerprint density at radius 2 is 2.38 bits per heavy atom. The zero-order valence-electron chi connectivity index (χ0n) is 9.11. The molecule has 92 valence electrons. The minimum Gasteiger partial charge on any atom is -0.494 e. The molecule has 0 aromatic rings. The summed E-state index contributed by atoms with van der Waals surface area (Å²) >= 11 is 1.70. The fourth-order valence-electron chi connectivity index (χ4n) is 1.08. The lowest BCUT2D eigenvalue weighted by atomic mass is 10.4. The molecule has 0 radical (unpaired) electrons. The number of rotatable bonds is 7. The number of carbonyl (C=O) groups excluding carboxylic acids is 1. The average Bonchev–Trinajstić information content (AvgIpc) is 2.34. The molecule has 1 heterocycles. The Balaban J connectivity index is 2.04. The van der Waals surface area contributed by atoms with Crippen LogP contribution in [0.5, 0.6) is 0 Å². The summed E-state index contributed by atoms with van der Waals surface area (Å²) in [5.74, 6) is 1.75. The third-order valence-corrected chi connectivity index (χ3v) is 2.92. The van der Waals surface area contributed by atoms with E-state index >= 15 is 0 Å². The van der Waals surface area contributed by atoms with Crippen LogP contribution in [0.15, 0.2) is 12.0 Å². The monoisotopic (exact) mass is 247 g/mol. The summed E-state index contributed by atoms with van der Waals surface area (Å²) in [6, 6.07) is 0. The van der Waals surface area contributed by atoms with E-state index in [1.807, 2.05) is 0 Å². The van der Waals surface area contributed by atoms with Gasteiger partial charge in [0, 0.05) is 18.9 Å². The lowest BCUT2D eigenvalue weighted by molar-refractivity contribution is -0.122. The van der Waals surface area contributed by atoms with Crippen molar-refractivity contribution >= 4 is 17.7 Å². The van der Waals surface area contributed by atoms with Crippen molar-refractivity contribution in [2.45, 2.75) is 6.42 Å². The van der Waals surface area contributed by atoms with Crippen LogP contribution in [0.1, 0.15) is 6.42 Å². The Labute approximate surface area is 99.2 Å². The number of ether oxygens (including phenoxy) is 2. The van der Waals surface area contributed by atoms with Gasteiger partial charge < -0.3 is 19.9 Å². The van der Waals surface area contributed by atoms with Crippen LogP contribution in [0, 0.1) is 0 Å². The number of aliphatic hydroxyl groups excluding tert-OH is 1. The summed E-state index contributed by atoms with van der Waals surface area (Å²) in [5, 5.41) is 11.3. The normalized spacial score (nSPS) is 14.7. The number of hydrogen-bond acceptors (Lipinski definition) is 5. The molecule has 0 spiro atoms. The molecular formula is C10H17NO4S. The molecule has 0 aliphatic carbocycles. The van der Waals surface area contributed by atoms with E-state index in [0.29, 0.717) is 19.8 Å². The van der Waals surface area contributed by atoms with Crippen LogP contribution in [0.2, 0.25) is 0 Å². The van der Waals surface area contributed by atoms with Gasteiger partial charge in [-0.1, -0.05) is 0 Å². The first-order chi connectivity index (χ1) is 7.84. The van der Waals surface area contributed by atoms with Gasteiger partial charge in [0.1, 0.15) is 19.5 Å². The fourth-order valence-corrected chi connectivity index (χ4v) is 1.86. The van der Waals surface area contributed by atoms with Crippen LogP contribution in [-0.4, -0.2) is 48.9 Å². The summed E-state index contributed by atoms with van der Waals surface area (Å²) in [7, 11) is 0. The van der Waals surface area contributed by atoms with Crippen LogP contribution in [-0.2, 0) is 14.3 Å². The molecule has 16 heavy (non-hydrogen) atoms. The number of nitrogens with one attached hydrogen (secondary N) is 1. The van der Waals surface area contributed by atoms with Gasteiger partial charge in [0.2, 0.25) is 5.76 Å². The molecule has 0 saturated carbocycles. The van der Waals surface area contributed by atoms with Gasteiger partial charge >= 0.3 is 0 Å². The van der Waals surface area contributed by atoms with E-state index in [9.17, 15) is 4.79 Å². The van der Waals surface area contributed by atoms with Crippen LogP contribution >= 0.6 is 11.8 Å². The van der Waals surface area contributed by atoms with E-state index in [-0.39, 0.29) is 18.3 Å². The summed E-state index contributed by atoms with van der Waals surface area (Å²) in [6.45, 7) is 1.73. The van der Waals surface area contributed by atoms with Gasteiger partial charge in [0.05, 0.1) is 0 Å². The predicted octanol–water partition coefficient (Wildman–Crippen LogP) is 0.106. The molecular weight excluding hydrogens is 230 g/mol. The van der Waals surface area contributed by atoms with Crippen molar-refractivity contribution in [2.75, 3.05) is 37.9 Å². The summed E-state index contributed by atoms with van der Waals surface area (Å²) in [4.78, 5) is 11.5. The first kappa shape index (κ1) is 13.2. The Morgan fingerprint density at radius 3 is 3.06 bits per heavy atom. The zero-order chi connectivity index (χ0) is 11.6. The zero-order valence-corrected chi connectivity index (χ0v) is 9.92. The molecule has 1 aliphatic heterocycles. The van der Waals surface area contributed by atoms with Crippen LogP contribution in [0.4, 0.5) is 0 Å². The van der Waals surface area contributed by atoms with Crippen LogP contribution in [0.25, 0.3) is 0 Å². The van der Waals surface area contributed by atoms with E-state index in [1.54, 1.807) is 11.8 Å². The maximum Gasteiger partial charge on any atom is 0.289 e. The molecule has 1 rings (SSSR count). The van der Waals surface area contributed by atoms with Gasteiger partial charge in [-0.25, -0.2) is 0 Å². The number of carbonyl (C=O) groups is 1. The van der Waals surface area contributed by atoms with E-state index in [0.717, 1.165) is 17.9 Å². The summed E-state index contributed by atoms with van der Waals surface area (Å²) in [5.41, 5.74) is 0. The first-order valence-corrected chi connectivity index (χ1v) is 6.41. The molecule has 2 N–H and O–H groups in total. The second-order valence-corrected chi connectivity index (χ2v) is 4.37. The van der Waals surface area contributed by atoms with Crippen molar-refractivity contribution in [2.24, 2.45) is 0 Å². The Kier molecular flexibility index (Phi) is 6.83. The molecule has 0 aromatic heterocycles. The lowest BCUT2D eigenvalue weighted by Crippen LogP contribution is -2.30. The second-order valence-electron chi connectivity index (χ2n) is 3.15. The van der Waals surface area contributed by atoms with Crippen molar-refractivity contribution < 1.29 is 19.4 Å². The van der Waals surface area contributed by atoms with Gasteiger partial charge in [0.25, 0.3) is 5.91 Å². The highest BCUT2D eigenvalue weighted by Gasteiger charge is 2.13. The quantitative estimate of drug-likeness (QED) is 0.625. The minimum atomic E-state index is -0.234. The minimum absolute atomic E-state index is 0.220. The largest absolute Gasteiger partial charge is 0.494 e. The lowest BCUT2D eigenvalue weighted by Gasteiger charge is -2.14. The molecule has 0 saturated heterocycles. The summed E-state index contributed by atoms with van der Waals surface area (Å²) < 4.78 is 10.1. The fraction of sp³-hybridized carbons (Fsp3) is 0.700. The van der Waals surface area contributed by atoms with Crippen molar-refractivity contribution in [3.8, 4) is 0 Å². The van der Waals surface area contributed by atoms with E-state index in [4.69, 9.17) is 14.6 Å². The number of amides is 1. The Bertz CT molecular complexity index is 245. The molecule has 0 fully saturated rings. The Hall–Kier alpha value is -0.880. The van der Waals surface area contributed by atoms with Gasteiger partial charge in [-0.3, -0.25) is 4.79 Å². The maximum absolute atomic E-state index is 11.5. The van der Waals surface area contributed by atoms with Crippen molar-refractivity contribution in [1.29, 1.82) is 0 Å². The van der Waals surface area contributed by atoms with Gasteiger partial charge in [0.15, 0.2) is 0 Å². The molecule has 0 bridgehead atoms. The van der Waals surface area contributed by atoms with Crippen molar-refractivity contribution in [3.05, 3.63) is 12.0 Å². The second kappa shape index (κ2) is 8.29. The maximum atomic E-state index is 11.5. The number of thioether (sulfide) groups is 1. The standard InChI is InChI=1S/C10H17NO4S/c12-3-1-6-16-7-2-11-10(13)9-8-14-4-5-15-9/h8,12H,1-7H2,(H,11,13). The third kappa shape index (κ3) is 5.27. The highest BCUT2D eigenvalue weighted by Crippen LogP contribution is 2.04. The molecule has 5 nitrogen and oxygen atoms in total. The smallest absolute Gasteiger partial charge is 0.289 e. The molecule has 6 heteroatoms.